The van der Waals surface area contributed by atoms with Gasteiger partial charge in [0.05, 0.1) is 12.2 Å². The van der Waals surface area contributed by atoms with Crippen LogP contribution in [0, 0.1) is 5.82 Å². The van der Waals surface area contributed by atoms with E-state index in [-0.39, 0.29) is 49.0 Å². The first-order valence-electron chi connectivity index (χ1n) is 8.26. The van der Waals surface area contributed by atoms with Gasteiger partial charge in [-0.2, -0.15) is 0 Å². The third-order valence-corrected chi connectivity index (χ3v) is 3.80. The van der Waals surface area contributed by atoms with Crippen molar-refractivity contribution < 1.29 is 34.0 Å². The fraction of sp³-hybridized carbons (Fsp3) is 0.263. The largest absolute Gasteiger partial charge is 0.504 e. The number of carboxylic acids is 1. The van der Waals surface area contributed by atoms with E-state index in [2.05, 4.69) is 5.32 Å². The number of carboxylic acid groups (broad SMARTS) is 1. The van der Waals surface area contributed by atoms with Crippen molar-refractivity contribution in [2.45, 2.75) is 18.9 Å². The second kappa shape index (κ2) is 11.1. The number of benzene rings is 2. The number of aliphatic carboxylic acids is 1. The number of esters is 1. The first-order valence-corrected chi connectivity index (χ1v) is 8.26. The Morgan fingerprint density at radius 1 is 1.07 bits per heavy atom. The van der Waals surface area contributed by atoms with Crippen LogP contribution >= 0.6 is 12.4 Å². The average molecular weight is 414 g/mol. The van der Waals surface area contributed by atoms with Crippen molar-refractivity contribution in [3.8, 4) is 11.5 Å². The Morgan fingerprint density at radius 2 is 1.75 bits per heavy atom. The Morgan fingerprint density at radius 3 is 2.36 bits per heavy atom. The molecule has 1 atom stereocenters. The summed E-state index contributed by atoms with van der Waals surface area (Å²) < 4.78 is 17.9. The van der Waals surface area contributed by atoms with Crippen molar-refractivity contribution in [2.75, 3.05) is 13.2 Å². The molecule has 0 unspecified atom stereocenters. The minimum atomic E-state index is -1.06. The molecule has 0 bridgehead atoms. The standard InChI is InChI=1S/C19H20FNO6.ClH/c20-14-5-3-13(4-6-14)19(26)27-9-1-8-21-15(18(24)25)10-12-2-7-16(22)17(23)11-12;/h2-7,11,15,21-23H,1,8-10H2,(H,24,25);1H/t15-;/m0./s1. The van der Waals surface area contributed by atoms with Crippen LogP contribution in [0.5, 0.6) is 11.5 Å². The summed E-state index contributed by atoms with van der Waals surface area (Å²) >= 11 is 0. The highest BCUT2D eigenvalue weighted by Gasteiger charge is 2.18. The number of carbonyl (C=O) groups excluding carboxylic acids is 1. The minimum Gasteiger partial charge on any atom is -0.504 e. The van der Waals surface area contributed by atoms with E-state index in [0.717, 1.165) is 12.1 Å². The number of nitrogens with one attached hydrogen (secondary N) is 1. The molecule has 0 aliphatic carbocycles. The molecule has 0 aliphatic heterocycles. The van der Waals surface area contributed by atoms with Crippen molar-refractivity contribution in [2.24, 2.45) is 0 Å². The molecule has 2 rings (SSSR count). The molecular formula is C19H21ClFNO6. The third-order valence-electron chi connectivity index (χ3n) is 3.80. The summed E-state index contributed by atoms with van der Waals surface area (Å²) in [5, 5.41) is 30.9. The first-order chi connectivity index (χ1) is 12.9. The monoisotopic (exact) mass is 413 g/mol. The molecule has 152 valence electrons. The van der Waals surface area contributed by atoms with E-state index in [0.29, 0.717) is 12.0 Å². The second-order valence-electron chi connectivity index (χ2n) is 5.87. The SMILES string of the molecule is Cl.O=C(OCCCN[C@@H](Cc1ccc(O)c(O)c1)C(=O)O)c1ccc(F)cc1. The van der Waals surface area contributed by atoms with Gasteiger partial charge in [0.15, 0.2) is 11.5 Å². The highest BCUT2D eigenvalue weighted by molar-refractivity contribution is 5.89. The lowest BCUT2D eigenvalue weighted by Gasteiger charge is -2.15. The molecule has 0 aromatic heterocycles. The molecule has 0 saturated carbocycles. The number of phenols is 2. The Kier molecular flexibility index (Phi) is 9.20. The number of ether oxygens (including phenoxy) is 1. The highest BCUT2D eigenvalue weighted by Crippen LogP contribution is 2.25. The number of aromatic hydroxyl groups is 2. The van der Waals surface area contributed by atoms with Crippen molar-refractivity contribution in [1.82, 2.24) is 5.32 Å². The van der Waals surface area contributed by atoms with Crippen LogP contribution in [0.15, 0.2) is 42.5 Å². The van der Waals surface area contributed by atoms with Gasteiger partial charge in [0.25, 0.3) is 0 Å². The van der Waals surface area contributed by atoms with Gasteiger partial charge < -0.3 is 25.4 Å². The zero-order chi connectivity index (χ0) is 19.8. The van der Waals surface area contributed by atoms with Crippen LogP contribution in [0.25, 0.3) is 0 Å². The Bertz CT molecular complexity index is 800. The van der Waals surface area contributed by atoms with Crippen LogP contribution < -0.4 is 5.32 Å². The van der Waals surface area contributed by atoms with Gasteiger partial charge in [0.2, 0.25) is 0 Å². The average Bonchev–Trinajstić information content (AvgIpc) is 2.63. The summed E-state index contributed by atoms with van der Waals surface area (Å²) in [4.78, 5) is 23.1. The maximum Gasteiger partial charge on any atom is 0.338 e. The van der Waals surface area contributed by atoms with Crippen LogP contribution in [0.3, 0.4) is 0 Å². The van der Waals surface area contributed by atoms with Crippen LogP contribution in [0.4, 0.5) is 4.39 Å². The summed E-state index contributed by atoms with van der Waals surface area (Å²) in [7, 11) is 0. The molecule has 28 heavy (non-hydrogen) atoms. The lowest BCUT2D eigenvalue weighted by atomic mass is 10.1. The molecule has 0 heterocycles. The molecule has 4 N–H and O–H groups in total. The van der Waals surface area contributed by atoms with Crippen LogP contribution in [-0.2, 0) is 16.0 Å². The van der Waals surface area contributed by atoms with Gasteiger partial charge in [0, 0.05) is 0 Å². The van der Waals surface area contributed by atoms with Crippen molar-refractivity contribution in [3.05, 3.63) is 59.4 Å². The highest BCUT2D eigenvalue weighted by atomic mass is 35.5. The topological polar surface area (TPSA) is 116 Å². The van der Waals surface area contributed by atoms with E-state index in [1.165, 1.54) is 30.3 Å². The molecule has 0 radical (unpaired) electrons. The first kappa shape index (κ1) is 23.2. The number of halogens is 2. The van der Waals surface area contributed by atoms with Crippen molar-refractivity contribution >= 4 is 24.3 Å². The number of rotatable bonds is 9. The molecule has 7 nitrogen and oxygen atoms in total. The number of hydrogen-bond donors (Lipinski definition) is 4. The van der Waals surface area contributed by atoms with Gasteiger partial charge in [-0.1, -0.05) is 6.07 Å². The zero-order valence-corrected chi connectivity index (χ0v) is 15.6. The Balaban J connectivity index is 0.00000392. The quantitative estimate of drug-likeness (QED) is 0.283. The van der Waals surface area contributed by atoms with Gasteiger partial charge in [0.1, 0.15) is 11.9 Å². The summed E-state index contributed by atoms with van der Waals surface area (Å²) in [5.74, 6) is -2.68. The van der Waals surface area contributed by atoms with E-state index in [1.807, 2.05) is 0 Å². The fourth-order valence-electron chi connectivity index (χ4n) is 2.36. The van der Waals surface area contributed by atoms with Crippen LogP contribution in [-0.4, -0.2) is 46.5 Å². The van der Waals surface area contributed by atoms with Crippen molar-refractivity contribution in [3.63, 3.8) is 0 Å². The van der Waals surface area contributed by atoms with Crippen LogP contribution in [0.1, 0.15) is 22.3 Å². The zero-order valence-electron chi connectivity index (χ0n) is 14.8. The van der Waals surface area contributed by atoms with E-state index in [1.54, 1.807) is 0 Å². The van der Waals surface area contributed by atoms with Gasteiger partial charge in [-0.15, -0.1) is 12.4 Å². The number of carbonyl (C=O) groups is 2. The molecule has 0 spiro atoms. The smallest absolute Gasteiger partial charge is 0.338 e. The van der Waals surface area contributed by atoms with E-state index < -0.39 is 23.8 Å². The fourth-order valence-corrected chi connectivity index (χ4v) is 2.36. The Hall–Kier alpha value is -2.84. The lowest BCUT2D eigenvalue weighted by molar-refractivity contribution is -0.139. The maximum atomic E-state index is 12.8. The van der Waals surface area contributed by atoms with Crippen LogP contribution in [0.2, 0.25) is 0 Å². The summed E-state index contributed by atoms with van der Waals surface area (Å²) in [6, 6.07) is 8.19. The van der Waals surface area contributed by atoms with Crippen molar-refractivity contribution in [1.29, 1.82) is 0 Å². The predicted molar refractivity (Wildman–Crippen MR) is 101 cm³/mol. The molecule has 0 saturated heterocycles. The normalized spacial score (nSPS) is 11.3. The summed E-state index contributed by atoms with van der Waals surface area (Å²) in [6.45, 7) is 0.368. The van der Waals surface area contributed by atoms with Gasteiger partial charge in [-0.3, -0.25) is 4.79 Å². The number of hydrogen-bond acceptors (Lipinski definition) is 6. The Labute approximate surface area is 167 Å². The molecule has 9 heteroatoms. The summed E-state index contributed by atoms with van der Waals surface area (Å²) in [5.41, 5.74) is 0.785. The summed E-state index contributed by atoms with van der Waals surface area (Å²) in [6.07, 6.45) is 0.496. The second-order valence-corrected chi connectivity index (χ2v) is 5.87. The predicted octanol–water partition coefficient (Wildman–Crippen LogP) is 2.49. The minimum absolute atomic E-state index is 0. The molecule has 0 amide bonds. The lowest BCUT2D eigenvalue weighted by Crippen LogP contribution is -2.39. The maximum absolute atomic E-state index is 12.8. The third kappa shape index (κ3) is 7.05. The molecule has 0 aliphatic rings. The van der Waals surface area contributed by atoms with Gasteiger partial charge in [-0.25, -0.2) is 9.18 Å². The molecule has 2 aromatic rings. The van der Waals surface area contributed by atoms with E-state index in [4.69, 9.17) is 4.74 Å². The van der Waals surface area contributed by atoms with Gasteiger partial charge in [-0.05, 0) is 61.3 Å². The van der Waals surface area contributed by atoms with Gasteiger partial charge >= 0.3 is 11.9 Å². The van der Waals surface area contributed by atoms with E-state index in [9.17, 15) is 29.3 Å². The molecule has 2 aromatic carbocycles. The molecule has 0 fully saturated rings. The number of phenolic OH excluding ortho intramolecular Hbond substituents is 2. The van der Waals surface area contributed by atoms with E-state index >= 15 is 0 Å². The molecular weight excluding hydrogens is 393 g/mol.